The molecule has 1 fully saturated rings. The number of aryl methyl sites for hydroxylation is 1. The summed E-state index contributed by atoms with van der Waals surface area (Å²) in [6.45, 7) is 1.29. The summed E-state index contributed by atoms with van der Waals surface area (Å²) in [5.41, 5.74) is 1.66. The van der Waals surface area contributed by atoms with Crippen molar-refractivity contribution in [2.75, 3.05) is 6.54 Å². The largest absolute Gasteiger partial charge is 0.480 e. The van der Waals surface area contributed by atoms with Crippen molar-refractivity contribution < 1.29 is 29.0 Å². The van der Waals surface area contributed by atoms with E-state index in [0.717, 1.165) is 27.8 Å². The monoisotopic (exact) mass is 403 g/mol. The summed E-state index contributed by atoms with van der Waals surface area (Å²) in [4.78, 5) is 35.4. The van der Waals surface area contributed by atoms with Crippen LogP contribution in [0.15, 0.2) is 39.7 Å². The lowest BCUT2D eigenvalue weighted by atomic mass is 10.0. The lowest BCUT2D eigenvalue weighted by molar-refractivity contribution is -0.140. The number of thioether (sulfide) groups is 1. The van der Waals surface area contributed by atoms with Crippen molar-refractivity contribution in [3.8, 4) is 11.3 Å². The molecule has 1 aromatic carbocycles. The highest BCUT2D eigenvalue weighted by atomic mass is 32.2. The van der Waals surface area contributed by atoms with Crippen LogP contribution in [0.25, 0.3) is 17.4 Å². The third-order valence-electron chi connectivity index (χ3n) is 3.81. The summed E-state index contributed by atoms with van der Waals surface area (Å²) in [6, 6.07) is 8.09. The molecular formula is C18H13NO6S2. The lowest BCUT2D eigenvalue weighted by Crippen LogP contribution is -2.33. The maximum atomic E-state index is 12.3. The zero-order chi connectivity index (χ0) is 19.7. The van der Waals surface area contributed by atoms with Gasteiger partial charge in [0, 0.05) is 11.6 Å². The first kappa shape index (κ1) is 18.9. The highest BCUT2D eigenvalue weighted by Gasteiger charge is 2.33. The number of benzene rings is 1. The second kappa shape index (κ2) is 7.37. The van der Waals surface area contributed by atoms with Crippen LogP contribution in [-0.4, -0.2) is 43.8 Å². The van der Waals surface area contributed by atoms with E-state index in [4.69, 9.17) is 26.8 Å². The van der Waals surface area contributed by atoms with Gasteiger partial charge in [-0.15, -0.1) is 0 Å². The van der Waals surface area contributed by atoms with Crippen LogP contribution in [0.1, 0.15) is 21.7 Å². The van der Waals surface area contributed by atoms with Gasteiger partial charge in [-0.2, -0.15) is 0 Å². The highest BCUT2D eigenvalue weighted by molar-refractivity contribution is 8.26. The number of aliphatic carboxylic acids is 1. The molecule has 0 saturated carbocycles. The van der Waals surface area contributed by atoms with E-state index in [1.54, 1.807) is 31.2 Å². The van der Waals surface area contributed by atoms with Gasteiger partial charge in [-0.1, -0.05) is 30.0 Å². The fraction of sp³-hybridized carbons (Fsp3) is 0.111. The Balaban J connectivity index is 1.86. The molecule has 1 aliphatic heterocycles. The Kier molecular flexibility index (Phi) is 5.15. The van der Waals surface area contributed by atoms with E-state index in [9.17, 15) is 14.4 Å². The fourth-order valence-corrected chi connectivity index (χ4v) is 3.78. The molecule has 0 radical (unpaired) electrons. The minimum atomic E-state index is -1.15. The minimum absolute atomic E-state index is 0.181. The molecule has 1 aromatic heterocycles. The van der Waals surface area contributed by atoms with Crippen molar-refractivity contribution in [3.05, 3.63) is 52.1 Å². The molecule has 2 heterocycles. The predicted octanol–water partition coefficient (Wildman–Crippen LogP) is 3.24. The van der Waals surface area contributed by atoms with Crippen molar-refractivity contribution in [2.24, 2.45) is 0 Å². The Labute approximate surface area is 163 Å². The number of furan rings is 1. The van der Waals surface area contributed by atoms with E-state index >= 15 is 0 Å². The number of carbonyl (C=O) groups is 3. The third-order valence-corrected chi connectivity index (χ3v) is 5.18. The molecule has 1 aliphatic rings. The number of thiocarbonyl (C=S) groups is 1. The van der Waals surface area contributed by atoms with Gasteiger partial charge in [0.05, 0.1) is 10.5 Å². The normalized spacial score (nSPS) is 15.6. The SMILES string of the molecule is Cc1cc(C(=O)O)ccc1-c1ccc(C=C2SC(=S)N(CC(=O)O)C2=O)o1. The van der Waals surface area contributed by atoms with Gasteiger partial charge in [0.1, 0.15) is 22.4 Å². The smallest absolute Gasteiger partial charge is 0.335 e. The van der Waals surface area contributed by atoms with Crippen LogP contribution in [0.5, 0.6) is 0 Å². The van der Waals surface area contributed by atoms with Crippen molar-refractivity contribution in [1.29, 1.82) is 0 Å². The Morgan fingerprint density at radius 3 is 2.63 bits per heavy atom. The minimum Gasteiger partial charge on any atom is -0.480 e. The van der Waals surface area contributed by atoms with Gasteiger partial charge >= 0.3 is 11.9 Å². The molecule has 0 unspecified atom stereocenters. The van der Waals surface area contributed by atoms with Crippen LogP contribution >= 0.6 is 24.0 Å². The zero-order valence-electron chi connectivity index (χ0n) is 14.0. The first-order chi connectivity index (χ1) is 12.8. The second-order valence-corrected chi connectivity index (χ2v) is 7.37. The summed E-state index contributed by atoms with van der Waals surface area (Å²) < 4.78 is 5.93. The Bertz CT molecular complexity index is 1010. The molecule has 2 aromatic rings. The number of nitrogens with zero attached hydrogens (tertiary/aromatic N) is 1. The molecule has 138 valence electrons. The Morgan fingerprint density at radius 1 is 1.26 bits per heavy atom. The first-order valence-corrected chi connectivity index (χ1v) is 8.90. The van der Waals surface area contributed by atoms with Crippen molar-refractivity contribution in [1.82, 2.24) is 4.90 Å². The van der Waals surface area contributed by atoms with Crippen LogP contribution < -0.4 is 0 Å². The Hall–Kier alpha value is -2.91. The quantitative estimate of drug-likeness (QED) is 0.579. The van der Waals surface area contributed by atoms with Gasteiger partial charge in [-0.3, -0.25) is 14.5 Å². The molecule has 9 heteroatoms. The molecule has 3 rings (SSSR count). The summed E-state index contributed by atoms with van der Waals surface area (Å²) >= 11 is 6.06. The van der Waals surface area contributed by atoms with Crippen LogP contribution in [0.2, 0.25) is 0 Å². The maximum absolute atomic E-state index is 12.3. The lowest BCUT2D eigenvalue weighted by Gasteiger charge is -2.09. The molecule has 2 N–H and O–H groups in total. The summed E-state index contributed by atoms with van der Waals surface area (Å²) in [6.07, 6.45) is 1.51. The molecule has 0 spiro atoms. The van der Waals surface area contributed by atoms with E-state index in [2.05, 4.69) is 0 Å². The van der Waals surface area contributed by atoms with Gasteiger partial charge in [0.2, 0.25) is 0 Å². The van der Waals surface area contributed by atoms with Gasteiger partial charge in [0.25, 0.3) is 5.91 Å². The van der Waals surface area contributed by atoms with Gasteiger partial charge in [-0.05, 0) is 36.8 Å². The van der Waals surface area contributed by atoms with Crippen molar-refractivity contribution >= 4 is 52.2 Å². The van der Waals surface area contributed by atoms with E-state index < -0.39 is 24.4 Å². The molecule has 1 saturated heterocycles. The van der Waals surface area contributed by atoms with E-state index in [0.29, 0.717) is 11.5 Å². The van der Waals surface area contributed by atoms with Crippen LogP contribution in [0.3, 0.4) is 0 Å². The number of hydrogen-bond acceptors (Lipinski definition) is 6. The molecule has 0 bridgehead atoms. The molecular weight excluding hydrogens is 390 g/mol. The number of amides is 1. The Morgan fingerprint density at radius 2 is 2.00 bits per heavy atom. The predicted molar refractivity (Wildman–Crippen MR) is 103 cm³/mol. The fourth-order valence-electron chi connectivity index (χ4n) is 2.55. The molecule has 1 amide bonds. The number of hydrogen-bond donors (Lipinski definition) is 2. The first-order valence-electron chi connectivity index (χ1n) is 7.67. The molecule has 0 atom stereocenters. The highest BCUT2D eigenvalue weighted by Crippen LogP contribution is 2.34. The average molecular weight is 403 g/mol. The number of carboxylic acids is 2. The van der Waals surface area contributed by atoms with E-state index in [1.807, 2.05) is 0 Å². The van der Waals surface area contributed by atoms with Crippen LogP contribution in [0, 0.1) is 6.92 Å². The zero-order valence-corrected chi connectivity index (χ0v) is 15.6. The van der Waals surface area contributed by atoms with Crippen molar-refractivity contribution in [2.45, 2.75) is 6.92 Å². The van der Waals surface area contributed by atoms with E-state index in [1.165, 1.54) is 12.1 Å². The molecule has 7 nitrogen and oxygen atoms in total. The summed E-state index contributed by atoms with van der Waals surface area (Å²) in [5.74, 6) is -1.70. The third kappa shape index (κ3) is 3.93. The number of carboxylic acid groups (broad SMARTS) is 2. The maximum Gasteiger partial charge on any atom is 0.335 e. The number of carbonyl (C=O) groups excluding carboxylic acids is 1. The molecule has 0 aliphatic carbocycles. The average Bonchev–Trinajstić information content (AvgIpc) is 3.15. The summed E-state index contributed by atoms with van der Waals surface area (Å²) in [7, 11) is 0. The second-order valence-electron chi connectivity index (χ2n) is 5.70. The summed E-state index contributed by atoms with van der Waals surface area (Å²) in [5, 5.41) is 17.9. The van der Waals surface area contributed by atoms with Crippen molar-refractivity contribution in [3.63, 3.8) is 0 Å². The number of rotatable bonds is 5. The van der Waals surface area contributed by atoms with Gasteiger partial charge in [-0.25, -0.2) is 4.79 Å². The number of aromatic carboxylic acids is 1. The topological polar surface area (TPSA) is 108 Å². The van der Waals surface area contributed by atoms with E-state index in [-0.39, 0.29) is 14.8 Å². The van der Waals surface area contributed by atoms with Gasteiger partial charge in [0.15, 0.2) is 0 Å². The standard InChI is InChI=1S/C18H13NO6S2/c1-9-6-10(17(23)24)2-4-12(9)13-5-3-11(25-13)7-14-16(22)19(8-15(20)21)18(26)27-14/h2-7H,8H2,1H3,(H,20,21)(H,23,24). The van der Waals surface area contributed by atoms with Crippen LogP contribution in [0.4, 0.5) is 0 Å². The molecule has 27 heavy (non-hydrogen) atoms. The van der Waals surface area contributed by atoms with Gasteiger partial charge < -0.3 is 14.6 Å². The van der Waals surface area contributed by atoms with Crippen LogP contribution in [-0.2, 0) is 9.59 Å².